The minimum absolute atomic E-state index is 0.185. The van der Waals surface area contributed by atoms with Gasteiger partial charge in [0.15, 0.2) is 11.5 Å². The largest absolute Gasteiger partial charge is 0.485 e. The molecule has 0 bridgehead atoms. The molecule has 0 spiro atoms. The Balaban J connectivity index is 1.84. The normalized spacial score (nSPS) is 17.7. The zero-order chi connectivity index (χ0) is 25.2. The molecule has 0 aliphatic carbocycles. The van der Waals surface area contributed by atoms with Crippen molar-refractivity contribution in [3.63, 3.8) is 0 Å². The van der Waals surface area contributed by atoms with E-state index in [1.807, 2.05) is 22.7 Å². The highest BCUT2D eigenvalue weighted by Crippen LogP contribution is 2.53. The molecule has 1 aliphatic heterocycles. The monoisotopic (exact) mass is 518 g/mol. The van der Waals surface area contributed by atoms with Gasteiger partial charge in [-0.1, -0.05) is 78.1 Å². The average molecular weight is 519 g/mol. The number of thiophene rings is 2. The van der Waals surface area contributed by atoms with Crippen molar-refractivity contribution in [1.29, 1.82) is 0 Å². The second-order valence-corrected chi connectivity index (χ2v) is 13.2. The zero-order valence-electron chi connectivity index (χ0n) is 23.4. The molecule has 198 valence electrons. The van der Waals surface area contributed by atoms with E-state index in [-0.39, 0.29) is 12.2 Å². The molecular weight excluding hydrogens is 468 g/mol. The Bertz CT molecular complexity index is 894. The molecule has 3 rings (SSSR count). The maximum Gasteiger partial charge on any atom is 0.181 e. The predicted octanol–water partition coefficient (Wildman–Crippen LogP) is 10.8. The van der Waals surface area contributed by atoms with E-state index in [1.165, 1.54) is 109 Å². The van der Waals surface area contributed by atoms with Crippen LogP contribution in [0.3, 0.4) is 0 Å². The van der Waals surface area contributed by atoms with Crippen molar-refractivity contribution in [3.8, 4) is 21.3 Å². The first kappa shape index (κ1) is 28.6. The summed E-state index contributed by atoms with van der Waals surface area (Å²) in [5.74, 6) is 2.01. The maximum atomic E-state index is 6.54. The number of unbranched alkanes of at least 4 members (excludes halogenated alkanes) is 10. The lowest BCUT2D eigenvalue weighted by atomic mass is 9.96. The first-order chi connectivity index (χ1) is 17.0. The molecule has 2 unspecified atom stereocenters. The van der Waals surface area contributed by atoms with Crippen LogP contribution in [0.1, 0.15) is 132 Å². The van der Waals surface area contributed by atoms with Crippen LogP contribution in [0.2, 0.25) is 0 Å². The van der Waals surface area contributed by atoms with E-state index >= 15 is 0 Å². The van der Waals surface area contributed by atoms with Gasteiger partial charge in [0, 0.05) is 16.2 Å². The molecular formula is C31H50O2S2. The molecule has 2 aromatic rings. The second-order valence-electron chi connectivity index (χ2n) is 10.7. The van der Waals surface area contributed by atoms with Crippen molar-refractivity contribution in [3.05, 3.63) is 20.9 Å². The van der Waals surface area contributed by atoms with E-state index in [9.17, 15) is 0 Å². The predicted molar refractivity (Wildman–Crippen MR) is 156 cm³/mol. The Morgan fingerprint density at radius 2 is 1.09 bits per heavy atom. The van der Waals surface area contributed by atoms with Gasteiger partial charge in [0.05, 0.1) is 22.0 Å². The lowest BCUT2D eigenvalue weighted by Crippen LogP contribution is -2.19. The fourth-order valence-corrected chi connectivity index (χ4v) is 7.86. The van der Waals surface area contributed by atoms with Gasteiger partial charge >= 0.3 is 0 Å². The molecule has 0 fully saturated rings. The lowest BCUT2D eigenvalue weighted by Gasteiger charge is -2.13. The van der Waals surface area contributed by atoms with Crippen molar-refractivity contribution in [2.45, 2.75) is 150 Å². The van der Waals surface area contributed by atoms with Crippen LogP contribution < -0.4 is 9.47 Å². The van der Waals surface area contributed by atoms with E-state index in [1.54, 1.807) is 11.1 Å². The van der Waals surface area contributed by atoms with Crippen LogP contribution in [0.25, 0.3) is 9.75 Å². The summed E-state index contributed by atoms with van der Waals surface area (Å²) in [6.07, 6.45) is 20.0. The van der Waals surface area contributed by atoms with Gasteiger partial charge in [-0.3, -0.25) is 0 Å². The van der Waals surface area contributed by atoms with Gasteiger partial charge in [0.2, 0.25) is 0 Å². The standard InChI is InChI=1S/C31H50O2S2/c1-7-9-11-13-15-17-19-26-24(5)34-30(27(26)20-18-16-14-12-10-8-2)31-29-28(25(6)35-31)32-22(3)21-23(4)33-29/h22-23H,7-21H2,1-6H3. The Hall–Kier alpha value is -1.00. The SMILES string of the molecule is CCCCCCCCc1c(C)sc(-c2sc(C)c3c2OC(C)CC(C)O3)c1CCCCCCCC. The van der Waals surface area contributed by atoms with Gasteiger partial charge in [0.25, 0.3) is 0 Å². The van der Waals surface area contributed by atoms with Crippen LogP contribution in [-0.4, -0.2) is 12.2 Å². The molecule has 2 atom stereocenters. The van der Waals surface area contributed by atoms with E-state index in [4.69, 9.17) is 9.47 Å². The summed E-state index contributed by atoms with van der Waals surface area (Å²) in [6, 6.07) is 0. The third kappa shape index (κ3) is 7.99. The number of ether oxygens (including phenoxy) is 2. The van der Waals surface area contributed by atoms with Gasteiger partial charge < -0.3 is 9.47 Å². The smallest absolute Gasteiger partial charge is 0.181 e. The van der Waals surface area contributed by atoms with Gasteiger partial charge in [-0.25, -0.2) is 0 Å². The highest BCUT2D eigenvalue weighted by molar-refractivity contribution is 7.22. The molecule has 0 aromatic carbocycles. The summed E-state index contributed by atoms with van der Waals surface area (Å²) in [7, 11) is 0. The van der Waals surface area contributed by atoms with Crippen molar-refractivity contribution in [1.82, 2.24) is 0 Å². The Labute approximate surface area is 223 Å². The molecule has 0 saturated carbocycles. The van der Waals surface area contributed by atoms with Gasteiger partial charge in [0.1, 0.15) is 0 Å². The van der Waals surface area contributed by atoms with Gasteiger partial charge in [-0.15, -0.1) is 22.7 Å². The Morgan fingerprint density at radius 3 is 1.69 bits per heavy atom. The molecule has 4 heteroatoms. The quantitative estimate of drug-likeness (QED) is 0.218. The molecule has 1 aliphatic rings. The topological polar surface area (TPSA) is 18.5 Å². The highest BCUT2D eigenvalue weighted by atomic mass is 32.1. The fraction of sp³-hybridized carbons (Fsp3) is 0.742. The van der Waals surface area contributed by atoms with Crippen molar-refractivity contribution < 1.29 is 9.47 Å². The second kappa shape index (κ2) is 14.7. The number of hydrogen-bond acceptors (Lipinski definition) is 4. The van der Waals surface area contributed by atoms with Crippen molar-refractivity contribution in [2.75, 3.05) is 0 Å². The van der Waals surface area contributed by atoms with Gasteiger partial charge in [-0.2, -0.15) is 0 Å². The Morgan fingerprint density at radius 1 is 0.600 bits per heavy atom. The van der Waals surface area contributed by atoms with Gasteiger partial charge in [-0.05, 0) is 64.5 Å². The van der Waals surface area contributed by atoms with Crippen LogP contribution in [0.15, 0.2) is 0 Å². The molecule has 0 radical (unpaired) electrons. The van der Waals surface area contributed by atoms with Crippen LogP contribution in [0.5, 0.6) is 11.5 Å². The molecule has 0 amide bonds. The summed E-state index contributed by atoms with van der Waals surface area (Å²) in [5.41, 5.74) is 3.26. The first-order valence-corrected chi connectivity index (χ1v) is 16.2. The van der Waals surface area contributed by atoms with E-state index in [0.717, 1.165) is 17.9 Å². The number of hydrogen-bond donors (Lipinski definition) is 0. The van der Waals surface area contributed by atoms with Crippen LogP contribution in [0, 0.1) is 13.8 Å². The number of fused-ring (bicyclic) bond motifs is 1. The van der Waals surface area contributed by atoms with Crippen LogP contribution in [0.4, 0.5) is 0 Å². The molecule has 3 heterocycles. The summed E-state index contributed by atoms with van der Waals surface area (Å²) < 4.78 is 12.9. The Kier molecular flexibility index (Phi) is 12.0. The maximum absolute atomic E-state index is 6.54. The third-order valence-corrected chi connectivity index (χ3v) is 9.80. The lowest BCUT2D eigenvalue weighted by molar-refractivity contribution is 0.168. The van der Waals surface area contributed by atoms with Crippen molar-refractivity contribution >= 4 is 22.7 Å². The molecule has 35 heavy (non-hydrogen) atoms. The minimum atomic E-state index is 0.185. The summed E-state index contributed by atoms with van der Waals surface area (Å²) >= 11 is 3.89. The van der Waals surface area contributed by atoms with Crippen LogP contribution >= 0.6 is 22.7 Å². The fourth-order valence-electron chi connectivity index (χ4n) is 5.43. The summed E-state index contributed by atoms with van der Waals surface area (Å²) in [6.45, 7) is 13.5. The average Bonchev–Trinajstić information content (AvgIpc) is 3.22. The third-order valence-electron chi connectivity index (χ3n) is 7.37. The minimum Gasteiger partial charge on any atom is -0.485 e. The molecule has 2 nitrogen and oxygen atoms in total. The highest BCUT2D eigenvalue weighted by Gasteiger charge is 2.30. The van der Waals surface area contributed by atoms with Crippen LogP contribution in [-0.2, 0) is 12.8 Å². The van der Waals surface area contributed by atoms with Crippen molar-refractivity contribution in [2.24, 2.45) is 0 Å². The van der Waals surface area contributed by atoms with E-state index in [0.29, 0.717) is 0 Å². The molecule has 0 saturated heterocycles. The summed E-state index contributed by atoms with van der Waals surface area (Å²) in [5, 5.41) is 0. The molecule has 2 aromatic heterocycles. The number of aryl methyl sites for hydroxylation is 2. The first-order valence-electron chi connectivity index (χ1n) is 14.5. The number of rotatable bonds is 15. The zero-order valence-corrected chi connectivity index (χ0v) is 25.0. The van der Waals surface area contributed by atoms with E-state index in [2.05, 4.69) is 41.5 Å². The van der Waals surface area contributed by atoms with E-state index < -0.39 is 0 Å². The summed E-state index contributed by atoms with van der Waals surface area (Å²) in [4.78, 5) is 5.56. The molecule has 0 N–H and O–H groups in total.